The van der Waals surface area contributed by atoms with Gasteiger partial charge in [0.05, 0.1) is 29.1 Å². The molecule has 0 saturated carbocycles. The van der Waals surface area contributed by atoms with Crippen molar-refractivity contribution in [2.45, 2.75) is 10.1 Å². The normalized spacial score (nSPS) is 11.2. The van der Waals surface area contributed by atoms with E-state index < -0.39 is 10.0 Å². The number of nitrogens with zero attached hydrogens (tertiary/aromatic N) is 4. The number of aromatic nitrogens is 3. The van der Waals surface area contributed by atoms with Crippen molar-refractivity contribution in [3.8, 4) is 5.69 Å². The summed E-state index contributed by atoms with van der Waals surface area (Å²) < 4.78 is 33.2. The lowest BCUT2D eigenvalue weighted by Gasteiger charge is -2.20. The summed E-state index contributed by atoms with van der Waals surface area (Å²) in [5.41, 5.74) is 1.16. The highest BCUT2D eigenvalue weighted by Gasteiger charge is 2.21. The third-order valence-corrected chi connectivity index (χ3v) is 6.65. The Morgan fingerprint density at radius 2 is 1.93 bits per heavy atom. The zero-order chi connectivity index (χ0) is 20.1. The quantitative estimate of drug-likeness (QED) is 0.429. The van der Waals surface area contributed by atoms with Gasteiger partial charge in [0.1, 0.15) is 6.33 Å². The fourth-order valence-electron chi connectivity index (χ4n) is 2.41. The third-order valence-electron chi connectivity index (χ3n) is 3.94. The minimum Gasteiger partial charge on any atom is -0.468 e. The first-order chi connectivity index (χ1) is 13.4. The van der Waals surface area contributed by atoms with Gasteiger partial charge in [0.15, 0.2) is 5.16 Å². The predicted octanol–water partition coefficient (Wildman–Crippen LogP) is 2.36. The Bertz CT molecular complexity index is 1070. The number of sulfonamides is 1. The van der Waals surface area contributed by atoms with Crippen molar-refractivity contribution in [1.29, 1.82) is 0 Å². The van der Waals surface area contributed by atoms with E-state index in [0.29, 0.717) is 16.5 Å². The summed E-state index contributed by atoms with van der Waals surface area (Å²) in [5, 5.41) is 8.38. The maximum absolute atomic E-state index is 12.8. The Morgan fingerprint density at radius 1 is 1.18 bits per heavy atom. The highest BCUT2D eigenvalue weighted by Crippen LogP contribution is 2.26. The van der Waals surface area contributed by atoms with Crippen LogP contribution < -0.4 is 4.31 Å². The van der Waals surface area contributed by atoms with Crippen LogP contribution in [0.1, 0.15) is 0 Å². The van der Waals surface area contributed by atoms with Crippen LogP contribution in [0.25, 0.3) is 5.69 Å². The van der Waals surface area contributed by atoms with Gasteiger partial charge in [0, 0.05) is 7.05 Å². The molecule has 8 nitrogen and oxygen atoms in total. The first-order valence-electron chi connectivity index (χ1n) is 8.17. The summed E-state index contributed by atoms with van der Waals surface area (Å²) in [6.45, 7) is 0. The van der Waals surface area contributed by atoms with E-state index in [1.807, 2.05) is 0 Å². The van der Waals surface area contributed by atoms with E-state index >= 15 is 0 Å². The fourth-order valence-corrected chi connectivity index (χ4v) is 4.38. The van der Waals surface area contributed by atoms with Crippen LogP contribution in [-0.2, 0) is 19.6 Å². The largest absolute Gasteiger partial charge is 0.468 e. The minimum atomic E-state index is -3.69. The van der Waals surface area contributed by atoms with E-state index in [0.717, 1.165) is 0 Å². The molecule has 0 aliphatic rings. The Labute approximate surface area is 167 Å². The van der Waals surface area contributed by atoms with Gasteiger partial charge in [-0.15, -0.1) is 10.2 Å². The molecule has 0 fully saturated rings. The maximum Gasteiger partial charge on any atom is 0.316 e. The first kappa shape index (κ1) is 19.9. The molecule has 0 radical (unpaired) electrons. The molecule has 0 aliphatic carbocycles. The minimum absolute atomic E-state index is 0.0944. The Balaban J connectivity index is 1.90. The molecule has 3 aromatic rings. The Hall–Kier alpha value is -2.85. The van der Waals surface area contributed by atoms with Crippen LogP contribution in [0, 0.1) is 0 Å². The molecule has 0 atom stereocenters. The average Bonchev–Trinajstić information content (AvgIpc) is 3.20. The van der Waals surface area contributed by atoms with Gasteiger partial charge in [0.25, 0.3) is 10.0 Å². The van der Waals surface area contributed by atoms with E-state index in [9.17, 15) is 13.2 Å². The molecule has 1 heterocycles. The number of thioether (sulfide) groups is 1. The van der Waals surface area contributed by atoms with Gasteiger partial charge in [-0.3, -0.25) is 13.7 Å². The number of esters is 1. The van der Waals surface area contributed by atoms with Crippen LogP contribution in [0.3, 0.4) is 0 Å². The molecule has 2 aromatic carbocycles. The fraction of sp³-hybridized carbons (Fsp3) is 0.167. The summed E-state index contributed by atoms with van der Waals surface area (Å²) in [4.78, 5) is 11.6. The van der Waals surface area contributed by atoms with Gasteiger partial charge in [-0.1, -0.05) is 36.0 Å². The van der Waals surface area contributed by atoms with Crippen molar-refractivity contribution >= 4 is 33.4 Å². The number of anilines is 1. The van der Waals surface area contributed by atoms with Crippen LogP contribution in [0.5, 0.6) is 0 Å². The average molecular weight is 419 g/mol. The molecular weight excluding hydrogens is 400 g/mol. The standard InChI is InChI=1S/C18H18N4O4S2/c1-21(28(24,25)16-9-4-3-5-10-16)14-7-6-8-15(11-14)22-13-19-20-18(22)27-12-17(23)26-2/h3-11,13H,12H2,1-2H3. The summed E-state index contributed by atoms with van der Waals surface area (Å²) in [6.07, 6.45) is 1.50. The summed E-state index contributed by atoms with van der Waals surface area (Å²) in [6, 6.07) is 15.2. The second-order valence-electron chi connectivity index (χ2n) is 5.65. The van der Waals surface area contributed by atoms with Crippen molar-refractivity contribution < 1.29 is 17.9 Å². The molecule has 0 aliphatic heterocycles. The highest BCUT2D eigenvalue weighted by molar-refractivity contribution is 7.99. The van der Waals surface area contributed by atoms with Gasteiger partial charge in [-0.2, -0.15) is 0 Å². The molecule has 0 N–H and O–H groups in total. The van der Waals surface area contributed by atoms with Gasteiger partial charge in [-0.25, -0.2) is 8.42 Å². The van der Waals surface area contributed by atoms with Crippen molar-refractivity contribution in [3.63, 3.8) is 0 Å². The SMILES string of the molecule is COC(=O)CSc1nncn1-c1cccc(N(C)S(=O)(=O)c2ccccc2)c1. The number of carbonyl (C=O) groups is 1. The van der Waals surface area contributed by atoms with Crippen molar-refractivity contribution in [1.82, 2.24) is 14.8 Å². The third kappa shape index (κ3) is 4.18. The van der Waals surface area contributed by atoms with Crippen LogP contribution in [0.4, 0.5) is 5.69 Å². The van der Waals surface area contributed by atoms with Crippen LogP contribution >= 0.6 is 11.8 Å². The lowest BCUT2D eigenvalue weighted by Crippen LogP contribution is -2.26. The summed E-state index contributed by atoms with van der Waals surface area (Å²) in [5.74, 6) is -0.279. The van der Waals surface area contributed by atoms with Gasteiger partial charge in [-0.05, 0) is 30.3 Å². The molecule has 0 bridgehead atoms. The molecule has 146 valence electrons. The van der Waals surface area contributed by atoms with E-state index in [-0.39, 0.29) is 16.6 Å². The number of benzene rings is 2. The number of ether oxygens (including phenoxy) is 1. The van der Waals surface area contributed by atoms with Crippen molar-refractivity contribution in [2.75, 3.05) is 24.2 Å². The molecule has 10 heteroatoms. The highest BCUT2D eigenvalue weighted by atomic mass is 32.2. The van der Waals surface area contributed by atoms with Gasteiger partial charge >= 0.3 is 5.97 Å². The van der Waals surface area contributed by atoms with Crippen molar-refractivity contribution in [3.05, 3.63) is 60.9 Å². The number of methoxy groups -OCH3 is 1. The van der Waals surface area contributed by atoms with Crippen LogP contribution in [0.2, 0.25) is 0 Å². The van der Waals surface area contributed by atoms with Gasteiger partial charge < -0.3 is 4.74 Å². The molecule has 0 saturated heterocycles. The maximum atomic E-state index is 12.8. The van der Waals surface area contributed by atoms with E-state index in [4.69, 9.17) is 0 Å². The summed E-state index contributed by atoms with van der Waals surface area (Å²) in [7, 11) is -0.866. The zero-order valence-corrected chi connectivity index (χ0v) is 16.9. The second kappa shape index (κ2) is 8.44. The number of hydrogen-bond acceptors (Lipinski definition) is 7. The second-order valence-corrected chi connectivity index (χ2v) is 8.57. The Morgan fingerprint density at radius 3 is 2.64 bits per heavy atom. The molecule has 0 spiro atoms. The number of carbonyl (C=O) groups excluding carboxylic acids is 1. The molecule has 0 amide bonds. The smallest absolute Gasteiger partial charge is 0.316 e. The predicted molar refractivity (Wildman–Crippen MR) is 106 cm³/mol. The number of rotatable bonds is 7. The monoisotopic (exact) mass is 418 g/mol. The first-order valence-corrected chi connectivity index (χ1v) is 10.6. The van der Waals surface area contributed by atoms with Gasteiger partial charge in [0.2, 0.25) is 0 Å². The molecule has 28 heavy (non-hydrogen) atoms. The van der Waals surface area contributed by atoms with E-state index in [1.165, 1.54) is 36.6 Å². The van der Waals surface area contributed by atoms with E-state index in [2.05, 4.69) is 14.9 Å². The summed E-state index contributed by atoms with van der Waals surface area (Å²) >= 11 is 1.18. The molecular formula is C18H18N4O4S2. The Kier molecular flexibility index (Phi) is 6.00. The molecule has 0 unspecified atom stereocenters. The topological polar surface area (TPSA) is 94.4 Å². The lowest BCUT2D eigenvalue weighted by molar-refractivity contribution is -0.137. The van der Waals surface area contributed by atoms with Crippen LogP contribution in [0.15, 0.2) is 71.0 Å². The number of hydrogen-bond donors (Lipinski definition) is 0. The van der Waals surface area contributed by atoms with Crippen LogP contribution in [-0.4, -0.2) is 49.1 Å². The van der Waals surface area contributed by atoms with E-state index in [1.54, 1.807) is 59.2 Å². The molecule has 1 aromatic heterocycles. The van der Waals surface area contributed by atoms with Crippen molar-refractivity contribution in [2.24, 2.45) is 0 Å². The lowest BCUT2D eigenvalue weighted by atomic mass is 10.3. The zero-order valence-electron chi connectivity index (χ0n) is 15.2. The molecule has 3 rings (SSSR count).